The van der Waals surface area contributed by atoms with Crippen LogP contribution in [0.25, 0.3) is 5.69 Å². The highest BCUT2D eigenvalue weighted by Gasteiger charge is 2.18. The normalized spacial score (nSPS) is 10.5. The van der Waals surface area contributed by atoms with Gasteiger partial charge in [-0.3, -0.25) is 9.59 Å². The number of nitrogens with zero attached hydrogens (tertiary/aromatic N) is 2. The van der Waals surface area contributed by atoms with Gasteiger partial charge in [-0.15, -0.1) is 0 Å². The smallest absolute Gasteiger partial charge is 0.310 e. The topological polar surface area (TPSA) is 70.4 Å². The summed E-state index contributed by atoms with van der Waals surface area (Å²) in [5, 5.41) is 4.52. The van der Waals surface area contributed by atoms with Gasteiger partial charge < -0.3 is 9.47 Å². The molecule has 0 aliphatic carbocycles. The number of aromatic nitrogens is 2. The molecular formula is C22H22N2O4. The van der Waals surface area contributed by atoms with E-state index < -0.39 is 5.97 Å². The van der Waals surface area contributed by atoms with Crippen LogP contribution in [0.3, 0.4) is 0 Å². The quantitative estimate of drug-likeness (QED) is 0.465. The largest absolute Gasteiger partial charge is 0.496 e. The Kier molecular flexibility index (Phi) is 5.89. The van der Waals surface area contributed by atoms with Crippen LogP contribution in [0, 0.1) is 13.8 Å². The summed E-state index contributed by atoms with van der Waals surface area (Å²) in [7, 11) is 1.49. The zero-order chi connectivity index (χ0) is 20.1. The summed E-state index contributed by atoms with van der Waals surface area (Å²) in [6.45, 7) is 3.44. The molecule has 0 unspecified atom stereocenters. The summed E-state index contributed by atoms with van der Waals surface area (Å²) >= 11 is 0. The number of methoxy groups -OCH3 is 1. The van der Waals surface area contributed by atoms with Gasteiger partial charge in [0.25, 0.3) is 0 Å². The van der Waals surface area contributed by atoms with Crippen molar-refractivity contribution in [1.29, 1.82) is 0 Å². The molecule has 0 bridgehead atoms. The molecule has 6 heteroatoms. The van der Waals surface area contributed by atoms with E-state index in [0.29, 0.717) is 11.3 Å². The molecule has 28 heavy (non-hydrogen) atoms. The van der Waals surface area contributed by atoms with Crippen molar-refractivity contribution >= 4 is 11.8 Å². The zero-order valence-electron chi connectivity index (χ0n) is 16.1. The lowest BCUT2D eigenvalue weighted by molar-refractivity contribution is -0.141. The first kappa shape index (κ1) is 19.4. The molecule has 1 heterocycles. The van der Waals surface area contributed by atoms with Crippen molar-refractivity contribution < 1.29 is 19.1 Å². The molecule has 0 amide bonds. The van der Waals surface area contributed by atoms with E-state index in [0.717, 1.165) is 22.6 Å². The van der Waals surface area contributed by atoms with E-state index in [4.69, 9.17) is 9.47 Å². The number of esters is 1. The van der Waals surface area contributed by atoms with Gasteiger partial charge in [0, 0.05) is 11.3 Å². The molecule has 6 nitrogen and oxygen atoms in total. The Morgan fingerprint density at radius 2 is 1.68 bits per heavy atom. The van der Waals surface area contributed by atoms with Crippen LogP contribution in [-0.2, 0) is 16.0 Å². The maximum atomic E-state index is 12.3. The molecule has 0 N–H and O–H groups in total. The third-order valence-electron chi connectivity index (χ3n) is 4.53. The van der Waals surface area contributed by atoms with Crippen molar-refractivity contribution in [1.82, 2.24) is 9.78 Å². The van der Waals surface area contributed by atoms with Gasteiger partial charge in [-0.25, -0.2) is 4.68 Å². The molecule has 144 valence electrons. The number of carbonyl (C=O) groups excluding carboxylic acids is 2. The van der Waals surface area contributed by atoms with Crippen LogP contribution in [0.15, 0.2) is 54.6 Å². The van der Waals surface area contributed by atoms with Gasteiger partial charge in [-0.1, -0.05) is 30.3 Å². The predicted molar refractivity (Wildman–Crippen MR) is 105 cm³/mol. The van der Waals surface area contributed by atoms with E-state index in [1.807, 2.05) is 44.2 Å². The number of hydrogen-bond donors (Lipinski definition) is 0. The summed E-state index contributed by atoms with van der Waals surface area (Å²) in [4.78, 5) is 24.6. The summed E-state index contributed by atoms with van der Waals surface area (Å²) in [6.07, 6.45) is 0.0592. The predicted octanol–water partition coefficient (Wildman–Crippen LogP) is 3.47. The van der Waals surface area contributed by atoms with Crippen molar-refractivity contribution in [3.63, 3.8) is 0 Å². The lowest BCUT2D eigenvalue weighted by atomic mass is 10.1. The molecule has 3 rings (SSSR count). The summed E-state index contributed by atoms with van der Waals surface area (Å²) in [6, 6.07) is 16.6. The SMILES string of the molecule is COc1ccccc1C(=O)COC(=O)Cc1c(C)nn(-c2ccccc2)c1C. The number of Topliss-reactive ketones (excluding diaryl/α,β-unsaturated/α-hetero) is 1. The Bertz CT molecular complexity index is 993. The molecule has 0 saturated heterocycles. The number of para-hydroxylation sites is 2. The van der Waals surface area contributed by atoms with Gasteiger partial charge >= 0.3 is 5.97 Å². The fraction of sp³-hybridized carbons (Fsp3) is 0.227. The maximum absolute atomic E-state index is 12.3. The molecule has 0 aliphatic rings. The maximum Gasteiger partial charge on any atom is 0.310 e. The number of ether oxygens (including phenoxy) is 2. The van der Waals surface area contributed by atoms with E-state index in [9.17, 15) is 9.59 Å². The van der Waals surface area contributed by atoms with E-state index in [1.54, 1.807) is 28.9 Å². The van der Waals surface area contributed by atoms with Gasteiger partial charge in [0.15, 0.2) is 6.61 Å². The van der Waals surface area contributed by atoms with Crippen LogP contribution in [-0.4, -0.2) is 35.2 Å². The van der Waals surface area contributed by atoms with Crippen LogP contribution in [0.1, 0.15) is 27.3 Å². The summed E-state index contributed by atoms with van der Waals surface area (Å²) in [5.41, 5.74) is 3.75. The fourth-order valence-corrected chi connectivity index (χ4v) is 3.05. The number of benzene rings is 2. The second kappa shape index (κ2) is 8.52. The Morgan fingerprint density at radius 1 is 1.00 bits per heavy atom. The van der Waals surface area contributed by atoms with Gasteiger partial charge in [-0.05, 0) is 38.1 Å². The molecule has 0 radical (unpaired) electrons. The van der Waals surface area contributed by atoms with E-state index in [2.05, 4.69) is 5.10 Å². The minimum absolute atomic E-state index is 0.0592. The lowest BCUT2D eigenvalue weighted by Crippen LogP contribution is -2.16. The minimum Gasteiger partial charge on any atom is -0.496 e. The molecular weight excluding hydrogens is 356 g/mol. The van der Waals surface area contributed by atoms with Crippen molar-refractivity contribution in [2.24, 2.45) is 0 Å². The van der Waals surface area contributed by atoms with Crippen LogP contribution < -0.4 is 4.74 Å². The molecule has 0 spiro atoms. The highest BCUT2D eigenvalue weighted by molar-refractivity contribution is 6.00. The number of rotatable bonds is 7. The second-order valence-corrected chi connectivity index (χ2v) is 6.36. The molecule has 0 fully saturated rings. The van der Waals surface area contributed by atoms with Gasteiger partial charge in [-0.2, -0.15) is 5.10 Å². The summed E-state index contributed by atoms with van der Waals surface area (Å²) < 4.78 is 12.2. The Hall–Kier alpha value is -3.41. The van der Waals surface area contributed by atoms with Gasteiger partial charge in [0.2, 0.25) is 5.78 Å². The van der Waals surface area contributed by atoms with Crippen molar-refractivity contribution in [2.75, 3.05) is 13.7 Å². The number of aryl methyl sites for hydroxylation is 1. The van der Waals surface area contributed by atoms with Crippen molar-refractivity contribution in [2.45, 2.75) is 20.3 Å². The highest BCUT2D eigenvalue weighted by Crippen LogP contribution is 2.20. The Labute approximate surface area is 163 Å². The van der Waals surface area contributed by atoms with Gasteiger partial charge in [0.1, 0.15) is 5.75 Å². The second-order valence-electron chi connectivity index (χ2n) is 6.36. The first-order valence-electron chi connectivity index (χ1n) is 8.93. The number of hydrogen-bond acceptors (Lipinski definition) is 5. The highest BCUT2D eigenvalue weighted by atomic mass is 16.5. The third kappa shape index (κ3) is 4.11. The van der Waals surface area contributed by atoms with Crippen molar-refractivity contribution in [3.8, 4) is 11.4 Å². The molecule has 1 aromatic heterocycles. The van der Waals surface area contributed by atoms with Crippen molar-refractivity contribution in [3.05, 3.63) is 77.1 Å². The van der Waals surface area contributed by atoms with Crippen LogP contribution >= 0.6 is 0 Å². The number of ketones is 1. The first-order valence-corrected chi connectivity index (χ1v) is 8.93. The average molecular weight is 378 g/mol. The molecule has 2 aromatic carbocycles. The van der Waals surface area contributed by atoms with Crippen LogP contribution in [0.2, 0.25) is 0 Å². The molecule has 0 saturated carbocycles. The Balaban J connectivity index is 1.67. The fourth-order valence-electron chi connectivity index (χ4n) is 3.05. The monoisotopic (exact) mass is 378 g/mol. The average Bonchev–Trinajstić information content (AvgIpc) is 3.00. The van der Waals surface area contributed by atoms with Crippen LogP contribution in [0.5, 0.6) is 5.75 Å². The standard InChI is InChI=1S/C22H22N2O4/c1-15-19(16(2)24(23-15)17-9-5-4-6-10-17)13-22(26)28-14-20(25)18-11-7-8-12-21(18)27-3/h4-12H,13-14H2,1-3H3. The van der Waals surface area contributed by atoms with E-state index in [1.165, 1.54) is 7.11 Å². The molecule has 0 atom stereocenters. The van der Waals surface area contributed by atoms with Crippen LogP contribution in [0.4, 0.5) is 0 Å². The zero-order valence-corrected chi connectivity index (χ0v) is 16.1. The number of carbonyl (C=O) groups is 2. The van der Waals surface area contributed by atoms with E-state index in [-0.39, 0.29) is 18.8 Å². The summed E-state index contributed by atoms with van der Waals surface area (Å²) in [5.74, 6) is -0.319. The molecule has 3 aromatic rings. The minimum atomic E-state index is -0.470. The lowest BCUT2D eigenvalue weighted by Gasteiger charge is -2.08. The molecule has 0 aliphatic heterocycles. The Morgan fingerprint density at radius 3 is 2.39 bits per heavy atom. The van der Waals surface area contributed by atoms with E-state index >= 15 is 0 Å². The van der Waals surface area contributed by atoms with Gasteiger partial charge in [0.05, 0.1) is 30.5 Å². The third-order valence-corrected chi connectivity index (χ3v) is 4.53. The first-order chi connectivity index (χ1) is 13.5.